The first kappa shape index (κ1) is 13.5. The van der Waals surface area contributed by atoms with Crippen molar-refractivity contribution in [3.8, 4) is 0 Å². The van der Waals surface area contributed by atoms with Gasteiger partial charge in [-0.2, -0.15) is 0 Å². The van der Waals surface area contributed by atoms with Gasteiger partial charge in [-0.3, -0.25) is 0 Å². The summed E-state index contributed by atoms with van der Waals surface area (Å²) in [5, 5.41) is 10.8. The molecule has 1 aromatic rings. The summed E-state index contributed by atoms with van der Waals surface area (Å²) in [5.41, 5.74) is 0.136. The summed E-state index contributed by atoms with van der Waals surface area (Å²) in [6, 6.07) is 6.36. The number of hydrogen-bond acceptors (Lipinski definition) is 1. The van der Waals surface area contributed by atoms with Gasteiger partial charge in [0.25, 0.3) is 0 Å². The minimum Gasteiger partial charge on any atom is -0.385 e. The smallest absolute Gasteiger partial charge is 0.123 e. The quantitative estimate of drug-likeness (QED) is 0.789. The molecule has 2 heteroatoms. The van der Waals surface area contributed by atoms with Crippen LogP contribution in [0, 0.1) is 11.7 Å². The third-order valence-corrected chi connectivity index (χ3v) is 4.25. The molecule has 1 N–H and O–H groups in total. The van der Waals surface area contributed by atoms with Crippen molar-refractivity contribution in [2.45, 2.75) is 57.5 Å². The van der Waals surface area contributed by atoms with Crippen molar-refractivity contribution >= 4 is 0 Å². The first-order valence-electron chi connectivity index (χ1n) is 7.12. The van der Waals surface area contributed by atoms with Crippen LogP contribution in [0.1, 0.15) is 57.4 Å². The molecule has 0 heterocycles. The number of hydrogen-bond donors (Lipinski definition) is 1. The van der Waals surface area contributed by atoms with Crippen LogP contribution in [0.3, 0.4) is 0 Å². The van der Waals surface area contributed by atoms with E-state index in [1.165, 1.54) is 31.4 Å². The van der Waals surface area contributed by atoms with E-state index in [0.29, 0.717) is 0 Å². The van der Waals surface area contributed by atoms with E-state index in [-0.39, 0.29) is 5.82 Å². The average Bonchev–Trinajstić information content (AvgIpc) is 2.54. The van der Waals surface area contributed by atoms with Crippen molar-refractivity contribution in [3.63, 3.8) is 0 Å². The molecular formula is C16H23FO. The maximum absolute atomic E-state index is 12.9. The van der Waals surface area contributed by atoms with Gasteiger partial charge in [0.2, 0.25) is 0 Å². The van der Waals surface area contributed by atoms with E-state index < -0.39 is 5.60 Å². The monoisotopic (exact) mass is 250 g/mol. The lowest BCUT2D eigenvalue weighted by Crippen LogP contribution is -2.24. The molecule has 2 rings (SSSR count). The fourth-order valence-corrected chi connectivity index (χ4v) is 3.14. The van der Waals surface area contributed by atoms with E-state index >= 15 is 0 Å². The topological polar surface area (TPSA) is 20.2 Å². The van der Waals surface area contributed by atoms with Crippen LogP contribution in [-0.2, 0) is 5.60 Å². The van der Waals surface area contributed by atoms with Crippen molar-refractivity contribution in [2.75, 3.05) is 0 Å². The highest BCUT2D eigenvalue weighted by Crippen LogP contribution is 2.38. The molecule has 1 nitrogen and oxygen atoms in total. The molecule has 0 bridgehead atoms. The highest BCUT2D eigenvalue weighted by atomic mass is 19.1. The lowest BCUT2D eigenvalue weighted by Gasteiger charge is -2.27. The molecule has 1 aromatic carbocycles. The van der Waals surface area contributed by atoms with Gasteiger partial charge in [-0.25, -0.2) is 4.39 Å². The zero-order valence-corrected chi connectivity index (χ0v) is 11.2. The molecule has 2 unspecified atom stereocenters. The summed E-state index contributed by atoms with van der Waals surface area (Å²) < 4.78 is 12.9. The van der Waals surface area contributed by atoms with Gasteiger partial charge in [-0.15, -0.1) is 0 Å². The van der Waals surface area contributed by atoms with Gasteiger partial charge in [-0.05, 0) is 49.3 Å². The molecule has 100 valence electrons. The molecule has 1 aliphatic carbocycles. The van der Waals surface area contributed by atoms with Crippen LogP contribution in [0.4, 0.5) is 4.39 Å². The second-order valence-corrected chi connectivity index (χ2v) is 5.62. The third kappa shape index (κ3) is 3.11. The van der Waals surface area contributed by atoms with Gasteiger partial charge in [0.05, 0.1) is 5.60 Å². The molecule has 0 aromatic heterocycles. The lowest BCUT2D eigenvalue weighted by molar-refractivity contribution is 0.0195. The summed E-state index contributed by atoms with van der Waals surface area (Å²) >= 11 is 0. The van der Waals surface area contributed by atoms with Crippen LogP contribution in [-0.4, -0.2) is 5.11 Å². The number of benzene rings is 1. The molecule has 1 aliphatic rings. The van der Waals surface area contributed by atoms with E-state index in [1.807, 2.05) is 0 Å². The Morgan fingerprint density at radius 3 is 2.61 bits per heavy atom. The summed E-state index contributed by atoms with van der Waals surface area (Å²) in [6.07, 6.45) is 7.47. The molecule has 0 spiro atoms. The van der Waals surface area contributed by atoms with Crippen molar-refractivity contribution in [2.24, 2.45) is 5.92 Å². The Labute approximate surface area is 109 Å². The van der Waals surface area contributed by atoms with E-state index in [9.17, 15) is 9.50 Å². The average molecular weight is 250 g/mol. The number of rotatable bonds is 3. The van der Waals surface area contributed by atoms with Crippen LogP contribution >= 0.6 is 0 Å². The van der Waals surface area contributed by atoms with Gasteiger partial charge in [0.1, 0.15) is 5.82 Å². The van der Waals surface area contributed by atoms with Crippen molar-refractivity contribution < 1.29 is 9.50 Å². The maximum atomic E-state index is 12.9. The molecule has 0 amide bonds. The highest BCUT2D eigenvalue weighted by Gasteiger charge is 2.32. The minimum absolute atomic E-state index is 0.236. The second kappa shape index (κ2) is 5.83. The zero-order chi connectivity index (χ0) is 13.0. The Morgan fingerprint density at radius 2 is 1.94 bits per heavy atom. The van der Waals surface area contributed by atoms with Crippen molar-refractivity contribution in [1.29, 1.82) is 0 Å². The summed E-state index contributed by atoms with van der Waals surface area (Å²) in [4.78, 5) is 0. The Kier molecular flexibility index (Phi) is 4.39. The fraction of sp³-hybridized carbons (Fsp3) is 0.625. The largest absolute Gasteiger partial charge is 0.385 e. The Morgan fingerprint density at radius 1 is 1.22 bits per heavy atom. The number of aliphatic hydroxyl groups is 1. The molecule has 18 heavy (non-hydrogen) atoms. The predicted octanol–water partition coefficient (Wildman–Crippen LogP) is 4.39. The van der Waals surface area contributed by atoms with Crippen molar-refractivity contribution in [1.82, 2.24) is 0 Å². The maximum Gasteiger partial charge on any atom is 0.123 e. The van der Waals surface area contributed by atoms with Gasteiger partial charge >= 0.3 is 0 Å². The predicted molar refractivity (Wildman–Crippen MR) is 71.8 cm³/mol. The molecule has 1 fully saturated rings. The summed E-state index contributed by atoms with van der Waals surface area (Å²) in [6.45, 7) is 2.22. The van der Waals surface area contributed by atoms with E-state index in [2.05, 4.69) is 6.92 Å². The molecule has 0 radical (unpaired) electrons. The Hall–Kier alpha value is -0.890. The van der Waals surface area contributed by atoms with Crippen LogP contribution in [0.5, 0.6) is 0 Å². The van der Waals surface area contributed by atoms with Gasteiger partial charge in [0, 0.05) is 0 Å². The van der Waals surface area contributed by atoms with Crippen LogP contribution in [0.2, 0.25) is 0 Å². The Balaban J connectivity index is 2.09. The highest BCUT2D eigenvalue weighted by molar-refractivity contribution is 5.23. The van der Waals surface area contributed by atoms with E-state index in [1.54, 1.807) is 12.1 Å². The molecule has 0 aliphatic heterocycles. The van der Waals surface area contributed by atoms with Crippen LogP contribution in [0.15, 0.2) is 24.3 Å². The van der Waals surface area contributed by atoms with Crippen molar-refractivity contribution in [3.05, 3.63) is 35.6 Å². The van der Waals surface area contributed by atoms with Crippen LogP contribution in [0.25, 0.3) is 0 Å². The first-order chi connectivity index (χ1) is 8.64. The normalized spacial score (nSPS) is 28.9. The molecule has 2 atom stereocenters. The van der Waals surface area contributed by atoms with E-state index in [4.69, 9.17) is 0 Å². The van der Waals surface area contributed by atoms with Crippen LogP contribution < -0.4 is 0 Å². The molecule has 0 saturated heterocycles. The SMILES string of the molecule is CCCC1CCCC(O)(c2ccc(F)cc2)CC1. The number of halogens is 1. The summed E-state index contributed by atoms with van der Waals surface area (Å²) in [7, 11) is 0. The lowest BCUT2D eigenvalue weighted by atomic mass is 9.86. The summed E-state index contributed by atoms with van der Waals surface area (Å²) in [5.74, 6) is 0.518. The van der Waals surface area contributed by atoms with Gasteiger partial charge in [-0.1, -0.05) is 38.3 Å². The van der Waals surface area contributed by atoms with E-state index in [0.717, 1.165) is 37.2 Å². The minimum atomic E-state index is -0.740. The second-order valence-electron chi connectivity index (χ2n) is 5.62. The third-order valence-electron chi connectivity index (χ3n) is 4.25. The fourth-order valence-electron chi connectivity index (χ4n) is 3.14. The Bertz CT molecular complexity index is 373. The first-order valence-corrected chi connectivity index (χ1v) is 7.12. The molecular weight excluding hydrogens is 227 g/mol. The standard InChI is InChI=1S/C16H23FO/c1-2-4-13-5-3-11-16(18,12-10-13)14-6-8-15(17)9-7-14/h6-9,13,18H,2-5,10-12H2,1H3. The zero-order valence-electron chi connectivity index (χ0n) is 11.2. The van der Waals surface area contributed by atoms with Gasteiger partial charge < -0.3 is 5.11 Å². The van der Waals surface area contributed by atoms with Gasteiger partial charge in [0.15, 0.2) is 0 Å². The molecule has 1 saturated carbocycles.